The first kappa shape index (κ1) is 16.1. The fourth-order valence-electron chi connectivity index (χ4n) is 2.04. The lowest BCUT2D eigenvalue weighted by molar-refractivity contribution is 0.914. The Hall–Kier alpha value is -1.26. The molecule has 3 nitrogen and oxygen atoms in total. The van der Waals surface area contributed by atoms with Gasteiger partial charge in [-0.1, -0.05) is 18.5 Å². The summed E-state index contributed by atoms with van der Waals surface area (Å²) in [7, 11) is 0. The zero-order chi connectivity index (χ0) is 15.2. The molecule has 0 bridgehead atoms. The van der Waals surface area contributed by atoms with E-state index in [1.807, 2.05) is 24.3 Å². The van der Waals surface area contributed by atoms with Gasteiger partial charge in [0.1, 0.15) is 11.6 Å². The molecule has 1 aromatic carbocycles. The lowest BCUT2D eigenvalue weighted by atomic mass is 10.2. The third kappa shape index (κ3) is 4.35. The summed E-state index contributed by atoms with van der Waals surface area (Å²) in [4.78, 5) is 10.5. The van der Waals surface area contributed by atoms with Crippen LogP contribution in [0.3, 0.4) is 0 Å². The predicted octanol–water partition coefficient (Wildman–Crippen LogP) is 4.72. The molecular formula is C16H20ClN3S. The second kappa shape index (κ2) is 7.66. The van der Waals surface area contributed by atoms with Crippen molar-refractivity contribution in [2.45, 2.75) is 37.8 Å². The summed E-state index contributed by atoms with van der Waals surface area (Å²) in [6, 6.07) is 7.85. The minimum absolute atomic E-state index is 0.757. The number of aromatic nitrogens is 2. The molecular weight excluding hydrogens is 302 g/mol. The molecule has 2 rings (SSSR count). The summed E-state index contributed by atoms with van der Waals surface area (Å²) in [6.45, 7) is 7.15. The van der Waals surface area contributed by atoms with Gasteiger partial charge in [-0.2, -0.15) is 0 Å². The molecule has 0 fully saturated rings. The largest absolute Gasteiger partial charge is 0.370 e. The van der Waals surface area contributed by atoms with Crippen molar-refractivity contribution in [1.82, 2.24) is 9.97 Å². The van der Waals surface area contributed by atoms with Crippen LogP contribution in [-0.4, -0.2) is 16.5 Å². The monoisotopic (exact) mass is 321 g/mol. The number of aryl methyl sites for hydroxylation is 1. The zero-order valence-corrected chi connectivity index (χ0v) is 14.2. The van der Waals surface area contributed by atoms with Gasteiger partial charge < -0.3 is 5.32 Å². The van der Waals surface area contributed by atoms with Gasteiger partial charge in [-0.25, -0.2) is 9.97 Å². The summed E-state index contributed by atoms with van der Waals surface area (Å²) in [5.74, 6) is 2.58. The van der Waals surface area contributed by atoms with Gasteiger partial charge in [0.15, 0.2) is 0 Å². The summed E-state index contributed by atoms with van der Waals surface area (Å²) in [6.07, 6.45) is 0.922. The van der Waals surface area contributed by atoms with E-state index in [0.717, 1.165) is 46.6 Å². The van der Waals surface area contributed by atoms with Gasteiger partial charge in [-0.05, 0) is 44.5 Å². The van der Waals surface area contributed by atoms with Crippen LogP contribution in [0.1, 0.15) is 30.9 Å². The molecule has 0 aliphatic heterocycles. The summed E-state index contributed by atoms with van der Waals surface area (Å²) in [5, 5.41) is 4.08. The van der Waals surface area contributed by atoms with Gasteiger partial charge in [0.05, 0.1) is 5.75 Å². The molecule has 0 amide bonds. The molecule has 112 valence electrons. The number of nitrogens with one attached hydrogen (secondary N) is 1. The smallest absolute Gasteiger partial charge is 0.141 e. The van der Waals surface area contributed by atoms with Crippen molar-refractivity contribution in [3.8, 4) is 0 Å². The standard InChI is InChI=1S/C16H20ClN3S/c1-4-14-11(3)16(18-5-2)20-15(19-14)10-21-13-8-6-12(17)7-9-13/h6-9H,4-5,10H2,1-3H3,(H,18,19,20). The Balaban J connectivity index is 2.15. The first-order valence-corrected chi connectivity index (χ1v) is 8.49. The second-order valence-corrected chi connectivity index (χ2v) is 6.17. The maximum absolute atomic E-state index is 5.90. The van der Waals surface area contributed by atoms with Gasteiger partial charge in [0.2, 0.25) is 0 Å². The Morgan fingerprint density at radius 2 is 1.86 bits per heavy atom. The average molecular weight is 322 g/mol. The molecule has 21 heavy (non-hydrogen) atoms. The highest BCUT2D eigenvalue weighted by molar-refractivity contribution is 7.98. The highest BCUT2D eigenvalue weighted by Crippen LogP contribution is 2.24. The Bertz CT molecular complexity index is 599. The Kier molecular flexibility index (Phi) is 5.88. The molecule has 2 aromatic rings. The van der Waals surface area contributed by atoms with Crippen molar-refractivity contribution in [3.63, 3.8) is 0 Å². The number of thioether (sulfide) groups is 1. The molecule has 0 aliphatic carbocycles. The highest BCUT2D eigenvalue weighted by atomic mass is 35.5. The molecule has 0 radical (unpaired) electrons. The Morgan fingerprint density at radius 3 is 2.48 bits per heavy atom. The van der Waals surface area contributed by atoms with Gasteiger partial charge in [-0.15, -0.1) is 11.8 Å². The molecule has 0 unspecified atom stereocenters. The van der Waals surface area contributed by atoms with Gasteiger partial charge in [-0.3, -0.25) is 0 Å². The quantitative estimate of drug-likeness (QED) is 0.781. The summed E-state index contributed by atoms with van der Waals surface area (Å²) in [5.41, 5.74) is 2.27. The van der Waals surface area contributed by atoms with Gasteiger partial charge in [0.25, 0.3) is 0 Å². The number of benzene rings is 1. The third-order valence-corrected chi connectivity index (χ3v) is 4.41. The highest BCUT2D eigenvalue weighted by Gasteiger charge is 2.09. The van der Waals surface area contributed by atoms with Crippen molar-refractivity contribution in [2.75, 3.05) is 11.9 Å². The van der Waals surface area contributed by atoms with Crippen LogP contribution in [0, 0.1) is 6.92 Å². The van der Waals surface area contributed by atoms with E-state index in [1.165, 1.54) is 4.90 Å². The SMILES string of the molecule is CCNc1nc(CSc2ccc(Cl)cc2)nc(CC)c1C. The van der Waals surface area contributed by atoms with Crippen LogP contribution >= 0.6 is 23.4 Å². The fraction of sp³-hybridized carbons (Fsp3) is 0.375. The molecule has 1 heterocycles. The van der Waals surface area contributed by atoms with E-state index in [0.29, 0.717) is 0 Å². The van der Waals surface area contributed by atoms with Crippen LogP contribution in [-0.2, 0) is 12.2 Å². The average Bonchev–Trinajstić information content (AvgIpc) is 2.49. The summed E-state index contributed by atoms with van der Waals surface area (Å²) >= 11 is 7.62. The maximum Gasteiger partial charge on any atom is 0.141 e. The number of hydrogen-bond donors (Lipinski definition) is 1. The number of rotatable bonds is 6. The van der Waals surface area contributed by atoms with E-state index in [4.69, 9.17) is 11.6 Å². The summed E-state index contributed by atoms with van der Waals surface area (Å²) < 4.78 is 0. The van der Waals surface area contributed by atoms with E-state index in [9.17, 15) is 0 Å². The van der Waals surface area contributed by atoms with Crippen LogP contribution < -0.4 is 5.32 Å². The molecule has 5 heteroatoms. The van der Waals surface area contributed by atoms with Crippen LogP contribution in [0.25, 0.3) is 0 Å². The Labute approximate surface area is 135 Å². The lowest BCUT2D eigenvalue weighted by Gasteiger charge is -2.12. The zero-order valence-electron chi connectivity index (χ0n) is 12.6. The second-order valence-electron chi connectivity index (χ2n) is 4.69. The number of anilines is 1. The third-order valence-electron chi connectivity index (χ3n) is 3.15. The van der Waals surface area contributed by atoms with Crippen molar-refractivity contribution in [2.24, 2.45) is 0 Å². The van der Waals surface area contributed by atoms with Crippen molar-refractivity contribution in [3.05, 3.63) is 46.4 Å². The van der Waals surface area contributed by atoms with E-state index in [-0.39, 0.29) is 0 Å². The minimum Gasteiger partial charge on any atom is -0.370 e. The van der Waals surface area contributed by atoms with Gasteiger partial charge in [0, 0.05) is 27.7 Å². The molecule has 1 N–H and O–H groups in total. The molecule has 0 atom stereocenters. The molecule has 0 spiro atoms. The van der Waals surface area contributed by atoms with E-state index < -0.39 is 0 Å². The minimum atomic E-state index is 0.757. The van der Waals surface area contributed by atoms with Crippen LogP contribution in [0.2, 0.25) is 5.02 Å². The number of halogens is 1. The van der Waals surface area contributed by atoms with E-state index in [1.54, 1.807) is 11.8 Å². The van der Waals surface area contributed by atoms with Crippen molar-refractivity contribution in [1.29, 1.82) is 0 Å². The number of nitrogens with zero attached hydrogens (tertiary/aromatic N) is 2. The first-order valence-electron chi connectivity index (χ1n) is 7.12. The van der Waals surface area contributed by atoms with E-state index >= 15 is 0 Å². The molecule has 0 aliphatic rings. The van der Waals surface area contributed by atoms with Crippen LogP contribution in [0.15, 0.2) is 29.2 Å². The molecule has 0 saturated carbocycles. The van der Waals surface area contributed by atoms with Crippen LogP contribution in [0.5, 0.6) is 0 Å². The first-order chi connectivity index (χ1) is 10.1. The molecule has 1 aromatic heterocycles. The van der Waals surface area contributed by atoms with Crippen molar-refractivity contribution < 1.29 is 0 Å². The van der Waals surface area contributed by atoms with Gasteiger partial charge >= 0.3 is 0 Å². The number of hydrogen-bond acceptors (Lipinski definition) is 4. The topological polar surface area (TPSA) is 37.8 Å². The maximum atomic E-state index is 5.90. The normalized spacial score (nSPS) is 10.7. The lowest BCUT2D eigenvalue weighted by Crippen LogP contribution is -2.08. The fourth-order valence-corrected chi connectivity index (χ4v) is 2.92. The Morgan fingerprint density at radius 1 is 1.14 bits per heavy atom. The van der Waals surface area contributed by atoms with Crippen molar-refractivity contribution >= 4 is 29.2 Å². The van der Waals surface area contributed by atoms with Crippen LogP contribution in [0.4, 0.5) is 5.82 Å². The predicted molar refractivity (Wildman–Crippen MR) is 91.3 cm³/mol. The molecule has 0 saturated heterocycles. The van der Waals surface area contributed by atoms with E-state index in [2.05, 4.69) is 36.1 Å².